The van der Waals surface area contributed by atoms with Crippen molar-refractivity contribution in [3.63, 3.8) is 0 Å². The van der Waals surface area contributed by atoms with Crippen LogP contribution in [0.2, 0.25) is 0 Å². The van der Waals surface area contributed by atoms with Gasteiger partial charge in [-0.25, -0.2) is 4.98 Å². The summed E-state index contributed by atoms with van der Waals surface area (Å²) in [6.45, 7) is 4.35. The van der Waals surface area contributed by atoms with E-state index in [2.05, 4.69) is 34.0 Å². The number of thiazole rings is 1. The van der Waals surface area contributed by atoms with Crippen LogP contribution in [0, 0.1) is 0 Å². The molecule has 0 atom stereocenters. The molecule has 3 aromatic rings. The summed E-state index contributed by atoms with van der Waals surface area (Å²) in [6.07, 6.45) is 2.46. The Labute approximate surface area is 173 Å². The molecule has 1 fully saturated rings. The molecule has 1 saturated carbocycles. The van der Waals surface area contributed by atoms with Crippen molar-refractivity contribution in [1.29, 1.82) is 0 Å². The molecule has 0 saturated heterocycles. The maximum absolute atomic E-state index is 5.40. The number of hydrogen-bond acceptors (Lipinski definition) is 7. The fraction of sp³-hybridized carbons (Fsp3) is 0.450. The third kappa shape index (κ3) is 3.89. The number of thioether (sulfide) groups is 1. The molecule has 0 N–H and O–H groups in total. The van der Waals surface area contributed by atoms with Crippen LogP contribution in [0.4, 0.5) is 0 Å². The van der Waals surface area contributed by atoms with Crippen LogP contribution in [-0.4, -0.2) is 34.0 Å². The van der Waals surface area contributed by atoms with Gasteiger partial charge in [-0.15, -0.1) is 21.5 Å². The summed E-state index contributed by atoms with van der Waals surface area (Å²) in [5.41, 5.74) is 2.08. The number of hydrogen-bond donors (Lipinski definition) is 0. The summed E-state index contributed by atoms with van der Waals surface area (Å²) < 4.78 is 13.0. The van der Waals surface area contributed by atoms with Gasteiger partial charge in [0.05, 0.1) is 19.9 Å². The monoisotopic (exact) mass is 416 g/mol. The summed E-state index contributed by atoms with van der Waals surface area (Å²) in [7, 11) is 3.29. The van der Waals surface area contributed by atoms with Crippen LogP contribution in [0.5, 0.6) is 11.5 Å². The van der Waals surface area contributed by atoms with Crippen LogP contribution in [0.1, 0.15) is 50.2 Å². The van der Waals surface area contributed by atoms with Crippen LogP contribution in [0.3, 0.4) is 0 Å². The second kappa shape index (κ2) is 8.13. The van der Waals surface area contributed by atoms with Crippen molar-refractivity contribution in [3.05, 3.63) is 35.1 Å². The van der Waals surface area contributed by atoms with Gasteiger partial charge in [-0.3, -0.25) is 0 Å². The van der Waals surface area contributed by atoms with Gasteiger partial charge in [-0.05, 0) is 31.0 Å². The van der Waals surface area contributed by atoms with E-state index in [1.807, 2.05) is 18.2 Å². The highest BCUT2D eigenvalue weighted by Crippen LogP contribution is 2.41. The first kappa shape index (κ1) is 19.3. The number of methoxy groups -OCH3 is 2. The van der Waals surface area contributed by atoms with E-state index in [0.29, 0.717) is 17.7 Å². The van der Waals surface area contributed by atoms with Gasteiger partial charge in [0.15, 0.2) is 16.7 Å². The molecule has 0 radical (unpaired) electrons. The van der Waals surface area contributed by atoms with E-state index in [0.717, 1.165) is 38.7 Å². The summed E-state index contributed by atoms with van der Waals surface area (Å²) in [6, 6.07) is 6.46. The second-order valence-electron chi connectivity index (χ2n) is 7.10. The first-order valence-corrected chi connectivity index (χ1v) is 11.2. The van der Waals surface area contributed by atoms with Crippen LogP contribution >= 0.6 is 23.1 Å². The van der Waals surface area contributed by atoms with Gasteiger partial charge in [0.25, 0.3) is 0 Å². The lowest BCUT2D eigenvalue weighted by Crippen LogP contribution is -2.04. The van der Waals surface area contributed by atoms with E-state index in [-0.39, 0.29) is 0 Å². The summed E-state index contributed by atoms with van der Waals surface area (Å²) in [5.74, 6) is 3.70. The van der Waals surface area contributed by atoms with Gasteiger partial charge in [-0.1, -0.05) is 25.6 Å². The van der Waals surface area contributed by atoms with Crippen molar-refractivity contribution in [2.75, 3.05) is 14.2 Å². The van der Waals surface area contributed by atoms with Crippen LogP contribution < -0.4 is 9.47 Å². The molecule has 0 unspecified atom stereocenters. The summed E-state index contributed by atoms with van der Waals surface area (Å²) in [4.78, 5) is 4.80. The topological polar surface area (TPSA) is 62.1 Å². The molecule has 0 amide bonds. The van der Waals surface area contributed by atoms with E-state index in [9.17, 15) is 0 Å². The fourth-order valence-corrected chi connectivity index (χ4v) is 4.90. The highest BCUT2D eigenvalue weighted by Gasteiger charge is 2.30. The Balaban J connectivity index is 1.49. The molecule has 8 heteroatoms. The lowest BCUT2D eigenvalue weighted by molar-refractivity contribution is 0.355. The van der Waals surface area contributed by atoms with E-state index >= 15 is 0 Å². The van der Waals surface area contributed by atoms with Crippen molar-refractivity contribution in [2.24, 2.45) is 0 Å². The van der Waals surface area contributed by atoms with Crippen LogP contribution in [-0.2, 0) is 5.75 Å². The minimum absolute atomic E-state index is 0.387. The minimum Gasteiger partial charge on any atom is -0.493 e. The zero-order valence-electron chi connectivity index (χ0n) is 16.5. The minimum atomic E-state index is 0.387. The highest BCUT2D eigenvalue weighted by atomic mass is 32.2. The third-order valence-corrected chi connectivity index (χ3v) is 6.57. The average molecular weight is 417 g/mol. The molecule has 2 aromatic heterocycles. The molecule has 6 nitrogen and oxygen atoms in total. The van der Waals surface area contributed by atoms with Gasteiger partial charge in [0.2, 0.25) is 0 Å². The van der Waals surface area contributed by atoms with Crippen molar-refractivity contribution in [3.8, 4) is 22.1 Å². The highest BCUT2D eigenvalue weighted by molar-refractivity contribution is 7.98. The Morgan fingerprint density at radius 3 is 2.64 bits per heavy atom. The van der Waals surface area contributed by atoms with E-state index in [4.69, 9.17) is 14.5 Å². The first-order chi connectivity index (χ1) is 13.6. The predicted octanol–water partition coefficient (Wildman–Crippen LogP) is 5.17. The smallest absolute Gasteiger partial charge is 0.191 e. The van der Waals surface area contributed by atoms with Crippen molar-refractivity contribution >= 4 is 23.1 Å². The van der Waals surface area contributed by atoms with E-state index < -0.39 is 0 Å². The number of nitrogens with zero attached hydrogens (tertiary/aromatic N) is 4. The fourth-order valence-electron chi connectivity index (χ4n) is 3.07. The molecule has 0 spiro atoms. The van der Waals surface area contributed by atoms with Gasteiger partial charge in [0, 0.05) is 28.7 Å². The predicted molar refractivity (Wildman–Crippen MR) is 113 cm³/mol. The maximum atomic E-state index is 5.40. The van der Waals surface area contributed by atoms with Gasteiger partial charge in [0.1, 0.15) is 10.8 Å². The lowest BCUT2D eigenvalue weighted by atomic mass is 10.2. The van der Waals surface area contributed by atoms with Gasteiger partial charge >= 0.3 is 0 Å². The lowest BCUT2D eigenvalue weighted by Gasteiger charge is -2.10. The largest absolute Gasteiger partial charge is 0.493 e. The van der Waals surface area contributed by atoms with Gasteiger partial charge < -0.3 is 14.0 Å². The molecule has 0 aliphatic heterocycles. The Kier molecular flexibility index (Phi) is 5.59. The normalized spacial score (nSPS) is 13.9. The molecule has 28 heavy (non-hydrogen) atoms. The average Bonchev–Trinajstić information content (AvgIpc) is 3.27. The zero-order chi connectivity index (χ0) is 19.7. The van der Waals surface area contributed by atoms with Crippen LogP contribution in [0.15, 0.2) is 28.7 Å². The molecule has 1 aliphatic rings. The standard InChI is InChI=1S/C20H24N4O2S2/c1-12(2)18-22-23-20(24(18)15-6-7-15)28-11-14-10-27-19(21-14)13-5-8-16(25-3)17(9-13)26-4/h5,8-10,12,15H,6-7,11H2,1-4H3. The SMILES string of the molecule is COc1ccc(-c2nc(CSc3nnc(C(C)C)n3C3CC3)cs2)cc1OC. The molecular weight excluding hydrogens is 392 g/mol. The zero-order valence-corrected chi connectivity index (χ0v) is 18.1. The number of rotatable bonds is 8. The van der Waals surface area contributed by atoms with E-state index in [1.54, 1.807) is 37.3 Å². The number of aromatic nitrogens is 4. The molecule has 0 bridgehead atoms. The van der Waals surface area contributed by atoms with Crippen molar-refractivity contribution < 1.29 is 9.47 Å². The third-order valence-electron chi connectivity index (χ3n) is 4.65. The molecule has 1 aromatic carbocycles. The molecule has 1 aliphatic carbocycles. The molecule has 148 valence electrons. The Morgan fingerprint density at radius 1 is 1.18 bits per heavy atom. The molecule has 4 rings (SSSR count). The Hall–Kier alpha value is -2.06. The van der Waals surface area contributed by atoms with Crippen molar-refractivity contribution in [2.45, 2.75) is 49.6 Å². The van der Waals surface area contributed by atoms with Gasteiger partial charge in [-0.2, -0.15) is 0 Å². The molecule has 2 heterocycles. The summed E-state index contributed by atoms with van der Waals surface area (Å²) in [5, 5.41) is 13.0. The maximum Gasteiger partial charge on any atom is 0.191 e. The molecular formula is C20H24N4O2S2. The summed E-state index contributed by atoms with van der Waals surface area (Å²) >= 11 is 3.36. The number of ether oxygens (including phenoxy) is 2. The Morgan fingerprint density at radius 2 is 1.96 bits per heavy atom. The second-order valence-corrected chi connectivity index (χ2v) is 8.90. The first-order valence-electron chi connectivity index (χ1n) is 9.35. The van der Waals surface area contributed by atoms with Crippen LogP contribution in [0.25, 0.3) is 10.6 Å². The van der Waals surface area contributed by atoms with E-state index in [1.165, 1.54) is 12.8 Å². The Bertz CT molecular complexity index is 963. The number of benzene rings is 1. The van der Waals surface area contributed by atoms with Crippen molar-refractivity contribution in [1.82, 2.24) is 19.7 Å². The quantitative estimate of drug-likeness (QED) is 0.472.